The van der Waals surface area contributed by atoms with Gasteiger partial charge < -0.3 is 10.2 Å². The molecule has 0 aliphatic heterocycles. The first-order valence-corrected chi connectivity index (χ1v) is 4.92. The van der Waals surface area contributed by atoms with Crippen molar-refractivity contribution in [1.29, 1.82) is 0 Å². The third-order valence-electron chi connectivity index (χ3n) is 3.40. The van der Waals surface area contributed by atoms with Gasteiger partial charge in [-0.2, -0.15) is 0 Å². The van der Waals surface area contributed by atoms with Crippen molar-refractivity contribution in [2.75, 3.05) is 6.54 Å². The normalized spacial score (nSPS) is 27.7. The SMILES string of the molecule is CC1(C)[C@@H](CN)[C@@H]1c1ccc([N+](=O)[O-])o1. The number of hydrogen-bond acceptors (Lipinski definition) is 4. The second-order valence-electron chi connectivity index (χ2n) is 4.57. The Morgan fingerprint density at radius 2 is 2.27 bits per heavy atom. The van der Waals surface area contributed by atoms with Crippen molar-refractivity contribution >= 4 is 5.88 Å². The van der Waals surface area contributed by atoms with Crippen LogP contribution in [0.2, 0.25) is 0 Å². The van der Waals surface area contributed by atoms with Crippen molar-refractivity contribution in [2.24, 2.45) is 17.1 Å². The van der Waals surface area contributed by atoms with Crippen LogP contribution in [-0.2, 0) is 0 Å². The molecule has 0 radical (unpaired) electrons. The molecule has 0 saturated heterocycles. The van der Waals surface area contributed by atoms with Gasteiger partial charge in [-0.25, -0.2) is 0 Å². The van der Waals surface area contributed by atoms with Gasteiger partial charge in [-0.05, 0) is 23.9 Å². The molecule has 1 aromatic heterocycles. The molecule has 2 N–H and O–H groups in total. The van der Waals surface area contributed by atoms with Crippen molar-refractivity contribution in [3.63, 3.8) is 0 Å². The number of nitrogens with zero attached hydrogens (tertiary/aromatic N) is 1. The standard InChI is InChI=1S/C10H14N2O3/c1-10(2)6(5-11)9(10)7-3-4-8(15-7)12(13)14/h3-4,6,9H,5,11H2,1-2H3/t6-,9+/m0/s1. The molecule has 1 heterocycles. The Balaban J connectivity index is 2.22. The van der Waals surface area contributed by atoms with Gasteiger partial charge >= 0.3 is 5.88 Å². The highest BCUT2D eigenvalue weighted by Crippen LogP contribution is 2.64. The Morgan fingerprint density at radius 3 is 2.67 bits per heavy atom. The smallest absolute Gasteiger partial charge is 0.406 e. The summed E-state index contributed by atoms with van der Waals surface area (Å²) in [4.78, 5) is 9.94. The van der Waals surface area contributed by atoms with E-state index in [4.69, 9.17) is 10.2 Å². The summed E-state index contributed by atoms with van der Waals surface area (Å²) in [5, 5.41) is 10.5. The fourth-order valence-electron chi connectivity index (χ4n) is 2.36. The molecule has 5 heteroatoms. The maximum Gasteiger partial charge on any atom is 0.433 e. The van der Waals surface area contributed by atoms with E-state index in [2.05, 4.69) is 13.8 Å². The second kappa shape index (κ2) is 3.06. The van der Waals surface area contributed by atoms with Crippen LogP contribution in [0.5, 0.6) is 0 Å². The van der Waals surface area contributed by atoms with E-state index in [-0.39, 0.29) is 17.2 Å². The largest absolute Gasteiger partial charge is 0.433 e. The van der Waals surface area contributed by atoms with Crippen molar-refractivity contribution in [2.45, 2.75) is 19.8 Å². The van der Waals surface area contributed by atoms with Crippen LogP contribution >= 0.6 is 0 Å². The van der Waals surface area contributed by atoms with Crippen molar-refractivity contribution < 1.29 is 9.34 Å². The molecule has 15 heavy (non-hydrogen) atoms. The van der Waals surface area contributed by atoms with Gasteiger partial charge in [0.05, 0.1) is 6.07 Å². The predicted octanol–water partition coefficient (Wildman–Crippen LogP) is 1.89. The first kappa shape index (κ1) is 10.2. The topological polar surface area (TPSA) is 82.3 Å². The Morgan fingerprint density at radius 1 is 1.60 bits per heavy atom. The minimum Gasteiger partial charge on any atom is -0.406 e. The maximum atomic E-state index is 10.5. The maximum absolute atomic E-state index is 10.5. The average molecular weight is 210 g/mol. The van der Waals surface area contributed by atoms with E-state index in [1.807, 2.05) is 0 Å². The fraction of sp³-hybridized carbons (Fsp3) is 0.600. The zero-order chi connectivity index (χ0) is 11.2. The Kier molecular flexibility index (Phi) is 2.08. The molecular formula is C10H14N2O3. The van der Waals surface area contributed by atoms with E-state index < -0.39 is 4.92 Å². The van der Waals surface area contributed by atoms with Crippen molar-refractivity contribution in [1.82, 2.24) is 0 Å². The summed E-state index contributed by atoms with van der Waals surface area (Å²) < 4.78 is 5.18. The van der Waals surface area contributed by atoms with Crippen molar-refractivity contribution in [3.05, 3.63) is 28.0 Å². The molecule has 1 aromatic rings. The average Bonchev–Trinajstić information content (AvgIpc) is 2.58. The van der Waals surface area contributed by atoms with Gasteiger partial charge in [0, 0.05) is 5.92 Å². The van der Waals surface area contributed by atoms with Crippen LogP contribution in [-0.4, -0.2) is 11.5 Å². The Bertz CT molecular complexity index is 397. The van der Waals surface area contributed by atoms with E-state index in [1.54, 1.807) is 6.07 Å². The molecule has 1 fully saturated rings. The third kappa shape index (κ3) is 1.43. The fourth-order valence-corrected chi connectivity index (χ4v) is 2.36. The van der Waals surface area contributed by atoms with E-state index in [9.17, 15) is 10.1 Å². The molecule has 1 aliphatic carbocycles. The van der Waals surface area contributed by atoms with Gasteiger partial charge in [0.1, 0.15) is 10.7 Å². The molecule has 0 spiro atoms. The molecule has 0 aromatic carbocycles. The summed E-state index contributed by atoms with van der Waals surface area (Å²) in [6.45, 7) is 4.79. The lowest BCUT2D eigenvalue weighted by Gasteiger charge is -1.98. The summed E-state index contributed by atoms with van der Waals surface area (Å²) in [5.41, 5.74) is 5.73. The van der Waals surface area contributed by atoms with Gasteiger partial charge in [-0.15, -0.1) is 0 Å². The molecule has 1 aliphatic rings. The highest BCUT2D eigenvalue weighted by atomic mass is 16.6. The Hall–Kier alpha value is -1.36. The molecule has 2 rings (SSSR count). The lowest BCUT2D eigenvalue weighted by Crippen LogP contribution is -2.05. The van der Waals surface area contributed by atoms with E-state index in [0.717, 1.165) is 0 Å². The third-order valence-corrected chi connectivity index (χ3v) is 3.40. The molecule has 0 bridgehead atoms. The molecule has 82 valence electrons. The van der Waals surface area contributed by atoms with E-state index in [1.165, 1.54) is 6.07 Å². The zero-order valence-electron chi connectivity index (χ0n) is 8.77. The number of nitro groups is 1. The molecule has 0 amide bonds. The van der Waals surface area contributed by atoms with Gasteiger partial charge in [-0.3, -0.25) is 10.1 Å². The quantitative estimate of drug-likeness (QED) is 0.610. The van der Waals surface area contributed by atoms with Crippen LogP contribution in [0.25, 0.3) is 0 Å². The number of furan rings is 1. The van der Waals surface area contributed by atoms with Crippen LogP contribution in [0, 0.1) is 21.4 Å². The summed E-state index contributed by atoms with van der Waals surface area (Å²) >= 11 is 0. The highest BCUT2D eigenvalue weighted by Gasteiger charge is 2.59. The van der Waals surface area contributed by atoms with Crippen molar-refractivity contribution in [3.8, 4) is 0 Å². The van der Waals surface area contributed by atoms with Crippen LogP contribution in [0.3, 0.4) is 0 Å². The first-order chi connectivity index (χ1) is 6.98. The summed E-state index contributed by atoms with van der Waals surface area (Å²) in [5.74, 6) is 1.07. The summed E-state index contributed by atoms with van der Waals surface area (Å²) in [7, 11) is 0. The van der Waals surface area contributed by atoms with Gasteiger partial charge in [0.25, 0.3) is 0 Å². The van der Waals surface area contributed by atoms with Crippen LogP contribution in [0.1, 0.15) is 25.5 Å². The summed E-state index contributed by atoms with van der Waals surface area (Å²) in [6, 6.07) is 3.08. The second-order valence-corrected chi connectivity index (χ2v) is 4.57. The highest BCUT2D eigenvalue weighted by molar-refractivity contribution is 5.29. The summed E-state index contributed by atoms with van der Waals surface area (Å²) in [6.07, 6.45) is 0. The minimum absolute atomic E-state index is 0.0977. The van der Waals surface area contributed by atoms with Gasteiger partial charge in [-0.1, -0.05) is 13.8 Å². The molecule has 1 saturated carbocycles. The number of rotatable bonds is 3. The number of nitrogens with two attached hydrogens (primary N) is 1. The predicted molar refractivity (Wildman–Crippen MR) is 54.4 cm³/mol. The number of hydrogen-bond donors (Lipinski definition) is 1. The minimum atomic E-state index is -0.518. The van der Waals surface area contributed by atoms with Gasteiger partial charge in [0.2, 0.25) is 0 Å². The van der Waals surface area contributed by atoms with Gasteiger partial charge in [0.15, 0.2) is 0 Å². The molecule has 2 atom stereocenters. The lowest BCUT2D eigenvalue weighted by molar-refractivity contribution is -0.402. The Labute approximate surface area is 87.4 Å². The monoisotopic (exact) mass is 210 g/mol. The molecule has 5 nitrogen and oxygen atoms in total. The van der Waals surface area contributed by atoms with E-state index >= 15 is 0 Å². The lowest BCUT2D eigenvalue weighted by atomic mass is 10.1. The van der Waals surface area contributed by atoms with Crippen LogP contribution < -0.4 is 5.73 Å². The zero-order valence-corrected chi connectivity index (χ0v) is 8.77. The van der Waals surface area contributed by atoms with Crippen LogP contribution in [0.15, 0.2) is 16.5 Å². The first-order valence-electron chi connectivity index (χ1n) is 4.92. The van der Waals surface area contributed by atoms with E-state index in [0.29, 0.717) is 18.2 Å². The molecule has 0 unspecified atom stereocenters. The molecular weight excluding hydrogens is 196 g/mol. The van der Waals surface area contributed by atoms with Crippen LogP contribution in [0.4, 0.5) is 5.88 Å².